The lowest BCUT2D eigenvalue weighted by Gasteiger charge is -2.25. The Labute approximate surface area is 91.6 Å². The van der Waals surface area contributed by atoms with E-state index in [1.807, 2.05) is 11.9 Å². The Kier molecular flexibility index (Phi) is 3.26. The summed E-state index contributed by atoms with van der Waals surface area (Å²) < 4.78 is 0. The van der Waals surface area contributed by atoms with Crippen molar-refractivity contribution in [2.24, 2.45) is 0 Å². The van der Waals surface area contributed by atoms with Crippen molar-refractivity contribution in [1.82, 2.24) is 15.1 Å². The molecular weight excluding hydrogens is 190 g/mol. The highest BCUT2D eigenvalue weighted by molar-refractivity contribution is 5.78. The van der Waals surface area contributed by atoms with E-state index in [0.29, 0.717) is 18.6 Å². The zero-order valence-electron chi connectivity index (χ0n) is 9.70. The third-order valence-electron chi connectivity index (χ3n) is 3.53. The quantitative estimate of drug-likeness (QED) is 0.705. The lowest BCUT2D eigenvalue weighted by Crippen LogP contribution is -2.42. The highest BCUT2D eigenvalue weighted by Gasteiger charge is 2.30. The van der Waals surface area contributed by atoms with Crippen molar-refractivity contribution < 1.29 is 4.79 Å². The number of likely N-dealkylation sites (N-methyl/N-ethyl adjacent to an activating group) is 2. The van der Waals surface area contributed by atoms with E-state index in [1.54, 1.807) is 0 Å². The van der Waals surface area contributed by atoms with Crippen LogP contribution in [0.3, 0.4) is 0 Å². The van der Waals surface area contributed by atoms with E-state index in [0.717, 1.165) is 19.5 Å². The van der Waals surface area contributed by atoms with Crippen LogP contribution in [0.1, 0.15) is 19.3 Å². The molecule has 1 saturated carbocycles. The molecule has 86 valence electrons. The number of nitrogens with one attached hydrogen (secondary N) is 1. The molecule has 0 aromatic carbocycles. The Balaban J connectivity index is 1.76. The number of hydrogen-bond donors (Lipinski definition) is 1. The summed E-state index contributed by atoms with van der Waals surface area (Å²) in [7, 11) is 3.98. The van der Waals surface area contributed by atoms with Crippen molar-refractivity contribution in [2.45, 2.75) is 31.3 Å². The molecule has 1 aliphatic carbocycles. The van der Waals surface area contributed by atoms with Crippen LogP contribution in [0.25, 0.3) is 0 Å². The predicted molar refractivity (Wildman–Crippen MR) is 59.7 cm³/mol. The number of amides is 1. The van der Waals surface area contributed by atoms with Crippen LogP contribution in [-0.2, 0) is 4.79 Å². The molecule has 4 heteroatoms. The molecule has 2 rings (SSSR count). The van der Waals surface area contributed by atoms with Crippen LogP contribution in [0.5, 0.6) is 0 Å². The second kappa shape index (κ2) is 4.49. The van der Waals surface area contributed by atoms with Crippen LogP contribution >= 0.6 is 0 Å². The van der Waals surface area contributed by atoms with Gasteiger partial charge in [0, 0.05) is 25.7 Å². The number of nitrogens with zero attached hydrogens (tertiary/aromatic N) is 2. The van der Waals surface area contributed by atoms with E-state index in [1.165, 1.54) is 12.8 Å². The SMILES string of the molecule is CN(CC(=O)N(C)C1CC1)C1CCNC1. The van der Waals surface area contributed by atoms with Crippen molar-refractivity contribution >= 4 is 5.91 Å². The van der Waals surface area contributed by atoms with Crippen molar-refractivity contribution in [2.75, 3.05) is 33.7 Å². The first-order valence-electron chi connectivity index (χ1n) is 5.85. The molecule has 1 unspecified atom stereocenters. The fourth-order valence-corrected chi connectivity index (χ4v) is 2.14. The van der Waals surface area contributed by atoms with Crippen LogP contribution < -0.4 is 5.32 Å². The number of carbonyl (C=O) groups excluding carboxylic acids is 1. The maximum absolute atomic E-state index is 11.9. The molecule has 1 N–H and O–H groups in total. The minimum Gasteiger partial charge on any atom is -0.342 e. The molecule has 0 radical (unpaired) electrons. The van der Waals surface area contributed by atoms with Crippen molar-refractivity contribution in [3.8, 4) is 0 Å². The minimum atomic E-state index is 0.270. The molecule has 0 bridgehead atoms. The number of hydrogen-bond acceptors (Lipinski definition) is 3. The molecule has 0 aromatic rings. The van der Waals surface area contributed by atoms with Crippen molar-refractivity contribution in [1.29, 1.82) is 0 Å². The Hall–Kier alpha value is -0.610. The van der Waals surface area contributed by atoms with Gasteiger partial charge in [-0.1, -0.05) is 0 Å². The first kappa shape index (κ1) is 10.9. The van der Waals surface area contributed by atoms with E-state index in [9.17, 15) is 4.79 Å². The van der Waals surface area contributed by atoms with Gasteiger partial charge in [0.1, 0.15) is 0 Å². The Bertz CT molecular complexity index is 234. The maximum atomic E-state index is 11.9. The van der Waals surface area contributed by atoms with Crippen LogP contribution in [0.15, 0.2) is 0 Å². The fraction of sp³-hybridized carbons (Fsp3) is 0.909. The summed E-state index contributed by atoms with van der Waals surface area (Å²) in [5.74, 6) is 0.270. The normalized spacial score (nSPS) is 25.9. The first-order valence-corrected chi connectivity index (χ1v) is 5.85. The molecular formula is C11H21N3O. The van der Waals surface area contributed by atoms with Gasteiger partial charge in [0.25, 0.3) is 0 Å². The predicted octanol–water partition coefficient (Wildman–Crippen LogP) is -0.0991. The van der Waals surface area contributed by atoms with Gasteiger partial charge >= 0.3 is 0 Å². The van der Waals surface area contributed by atoms with Crippen LogP contribution in [0, 0.1) is 0 Å². The van der Waals surface area contributed by atoms with Gasteiger partial charge in [0.05, 0.1) is 6.54 Å². The summed E-state index contributed by atoms with van der Waals surface area (Å²) in [6, 6.07) is 1.08. The van der Waals surface area contributed by atoms with Gasteiger partial charge in [-0.05, 0) is 32.9 Å². The molecule has 2 fully saturated rings. The standard InChI is InChI=1S/C11H21N3O/c1-13(10-5-6-12-7-10)8-11(15)14(2)9-3-4-9/h9-10,12H,3-8H2,1-2H3. The summed E-state index contributed by atoms with van der Waals surface area (Å²) >= 11 is 0. The highest BCUT2D eigenvalue weighted by Crippen LogP contribution is 2.25. The molecule has 1 atom stereocenters. The maximum Gasteiger partial charge on any atom is 0.236 e. The number of rotatable bonds is 4. The smallest absolute Gasteiger partial charge is 0.236 e. The Morgan fingerprint density at radius 2 is 2.00 bits per heavy atom. The zero-order valence-corrected chi connectivity index (χ0v) is 9.70. The Morgan fingerprint density at radius 3 is 2.53 bits per heavy atom. The monoisotopic (exact) mass is 211 g/mol. The van der Waals surface area contributed by atoms with Gasteiger partial charge in [-0.3, -0.25) is 9.69 Å². The largest absolute Gasteiger partial charge is 0.342 e. The van der Waals surface area contributed by atoms with Gasteiger partial charge < -0.3 is 10.2 Å². The summed E-state index contributed by atoms with van der Waals surface area (Å²) in [6.45, 7) is 2.68. The molecule has 2 aliphatic rings. The molecule has 0 spiro atoms. The second-order valence-electron chi connectivity index (χ2n) is 4.80. The lowest BCUT2D eigenvalue weighted by molar-refractivity contribution is -0.131. The molecule has 1 amide bonds. The van der Waals surface area contributed by atoms with Crippen molar-refractivity contribution in [3.05, 3.63) is 0 Å². The van der Waals surface area contributed by atoms with Crippen LogP contribution in [0.4, 0.5) is 0 Å². The molecule has 1 saturated heterocycles. The number of carbonyl (C=O) groups is 1. The molecule has 15 heavy (non-hydrogen) atoms. The summed E-state index contributed by atoms with van der Waals surface area (Å²) in [6.07, 6.45) is 3.55. The van der Waals surface area contributed by atoms with Gasteiger partial charge in [-0.2, -0.15) is 0 Å². The molecule has 1 heterocycles. The van der Waals surface area contributed by atoms with Crippen molar-refractivity contribution in [3.63, 3.8) is 0 Å². The van der Waals surface area contributed by atoms with Gasteiger partial charge in [0.2, 0.25) is 5.91 Å². The average molecular weight is 211 g/mol. The summed E-state index contributed by atoms with van der Waals surface area (Å²) in [5.41, 5.74) is 0. The average Bonchev–Trinajstić information content (AvgIpc) is 2.91. The van der Waals surface area contributed by atoms with Crippen LogP contribution in [0.2, 0.25) is 0 Å². The third-order valence-corrected chi connectivity index (χ3v) is 3.53. The van der Waals surface area contributed by atoms with E-state index in [4.69, 9.17) is 0 Å². The molecule has 1 aliphatic heterocycles. The van der Waals surface area contributed by atoms with E-state index >= 15 is 0 Å². The first-order chi connectivity index (χ1) is 7.18. The molecule has 0 aromatic heterocycles. The lowest BCUT2D eigenvalue weighted by atomic mass is 10.2. The summed E-state index contributed by atoms with van der Waals surface area (Å²) in [5, 5.41) is 3.32. The fourth-order valence-electron chi connectivity index (χ4n) is 2.14. The van der Waals surface area contributed by atoms with Gasteiger partial charge in [0.15, 0.2) is 0 Å². The van der Waals surface area contributed by atoms with Gasteiger partial charge in [-0.15, -0.1) is 0 Å². The zero-order chi connectivity index (χ0) is 10.8. The highest BCUT2D eigenvalue weighted by atomic mass is 16.2. The second-order valence-corrected chi connectivity index (χ2v) is 4.80. The van der Waals surface area contributed by atoms with Gasteiger partial charge in [-0.25, -0.2) is 0 Å². The topological polar surface area (TPSA) is 35.6 Å². The molecule has 4 nitrogen and oxygen atoms in total. The van der Waals surface area contributed by atoms with E-state index < -0.39 is 0 Å². The van der Waals surface area contributed by atoms with E-state index in [-0.39, 0.29) is 5.91 Å². The summed E-state index contributed by atoms with van der Waals surface area (Å²) in [4.78, 5) is 16.0. The Morgan fingerprint density at radius 1 is 1.27 bits per heavy atom. The minimum absolute atomic E-state index is 0.270. The third kappa shape index (κ3) is 2.69. The van der Waals surface area contributed by atoms with E-state index in [2.05, 4.69) is 17.3 Å². The van der Waals surface area contributed by atoms with Crippen LogP contribution in [-0.4, -0.2) is 61.5 Å².